The zero-order valence-corrected chi connectivity index (χ0v) is 20.2. The fraction of sp³-hybridized carbons (Fsp3) is 0.480. The molecule has 1 aromatic heterocycles. The molecule has 4 rings (SSSR count). The van der Waals surface area contributed by atoms with Crippen LogP contribution in [0.5, 0.6) is 11.5 Å². The number of tetrazole rings is 1. The van der Waals surface area contributed by atoms with Crippen LogP contribution in [0.25, 0.3) is 0 Å². The van der Waals surface area contributed by atoms with Crippen molar-refractivity contribution in [1.29, 1.82) is 0 Å². The van der Waals surface area contributed by atoms with Crippen molar-refractivity contribution in [1.82, 2.24) is 25.1 Å². The van der Waals surface area contributed by atoms with Gasteiger partial charge in [-0.15, -0.1) is 5.10 Å². The van der Waals surface area contributed by atoms with Gasteiger partial charge in [0.2, 0.25) is 0 Å². The van der Waals surface area contributed by atoms with Crippen molar-refractivity contribution >= 4 is 5.69 Å². The molecule has 0 spiro atoms. The number of aromatic nitrogens is 4. The van der Waals surface area contributed by atoms with Crippen molar-refractivity contribution in [3.05, 3.63) is 59.9 Å². The second kappa shape index (κ2) is 9.79. The Morgan fingerprint density at radius 2 is 1.67 bits per heavy atom. The third-order valence-electron chi connectivity index (χ3n) is 6.71. The van der Waals surface area contributed by atoms with Crippen molar-refractivity contribution in [3.63, 3.8) is 0 Å². The molecule has 0 N–H and O–H groups in total. The van der Waals surface area contributed by atoms with Gasteiger partial charge in [-0.1, -0.05) is 37.3 Å². The molecule has 8 heteroatoms. The fourth-order valence-corrected chi connectivity index (χ4v) is 4.45. The molecule has 176 valence electrons. The molecule has 1 aliphatic heterocycles. The van der Waals surface area contributed by atoms with Crippen LogP contribution in [0.4, 0.5) is 5.69 Å². The van der Waals surface area contributed by atoms with Crippen LogP contribution in [0.1, 0.15) is 44.6 Å². The average molecular weight is 451 g/mol. The fourth-order valence-electron chi connectivity index (χ4n) is 4.45. The Kier molecular flexibility index (Phi) is 6.83. The zero-order valence-electron chi connectivity index (χ0n) is 20.2. The Morgan fingerprint density at radius 1 is 0.939 bits per heavy atom. The summed E-state index contributed by atoms with van der Waals surface area (Å²) in [6.07, 6.45) is 0.911. The molecule has 3 aromatic rings. The van der Waals surface area contributed by atoms with Crippen LogP contribution >= 0.6 is 0 Å². The van der Waals surface area contributed by atoms with Gasteiger partial charge in [0.05, 0.1) is 19.8 Å². The molecule has 2 heterocycles. The quantitative estimate of drug-likeness (QED) is 0.518. The number of hydrogen-bond acceptors (Lipinski definition) is 7. The molecule has 0 radical (unpaired) electrons. The Balaban J connectivity index is 1.74. The highest BCUT2D eigenvalue weighted by molar-refractivity contribution is 5.50. The van der Waals surface area contributed by atoms with Crippen molar-refractivity contribution in [2.75, 3.05) is 45.3 Å². The summed E-state index contributed by atoms with van der Waals surface area (Å²) < 4.78 is 13.4. The van der Waals surface area contributed by atoms with Crippen LogP contribution in [0.2, 0.25) is 0 Å². The minimum atomic E-state index is -0.213. The molecular weight excluding hydrogens is 416 g/mol. The lowest BCUT2D eigenvalue weighted by Crippen LogP contribution is -2.49. The number of benzene rings is 2. The van der Waals surface area contributed by atoms with Gasteiger partial charge in [-0.25, -0.2) is 4.68 Å². The van der Waals surface area contributed by atoms with Crippen LogP contribution in [-0.4, -0.2) is 65.5 Å². The van der Waals surface area contributed by atoms with Crippen molar-refractivity contribution < 1.29 is 9.47 Å². The van der Waals surface area contributed by atoms with E-state index in [2.05, 4.69) is 82.5 Å². The number of hydrogen-bond donors (Lipinski definition) is 0. The van der Waals surface area contributed by atoms with E-state index < -0.39 is 0 Å². The smallest absolute Gasteiger partial charge is 0.173 e. The molecule has 0 saturated carbocycles. The van der Waals surface area contributed by atoms with E-state index in [0.29, 0.717) is 5.75 Å². The highest BCUT2D eigenvalue weighted by atomic mass is 16.5. The average Bonchev–Trinajstić information content (AvgIpc) is 3.35. The molecule has 0 aliphatic carbocycles. The summed E-state index contributed by atoms with van der Waals surface area (Å²) in [4.78, 5) is 4.87. The van der Waals surface area contributed by atoms with Crippen LogP contribution in [-0.2, 0) is 5.54 Å². The Labute approximate surface area is 196 Å². The van der Waals surface area contributed by atoms with Crippen molar-refractivity contribution in [2.24, 2.45) is 0 Å². The van der Waals surface area contributed by atoms with Crippen LogP contribution < -0.4 is 14.4 Å². The predicted molar refractivity (Wildman–Crippen MR) is 129 cm³/mol. The molecule has 0 bridgehead atoms. The second-order valence-electron chi connectivity index (χ2n) is 8.96. The number of ether oxygens (including phenoxy) is 2. The van der Waals surface area contributed by atoms with Crippen molar-refractivity contribution in [3.8, 4) is 11.5 Å². The van der Waals surface area contributed by atoms with Gasteiger partial charge in [0.1, 0.15) is 6.04 Å². The minimum Gasteiger partial charge on any atom is -0.493 e. The molecule has 1 saturated heterocycles. The maximum Gasteiger partial charge on any atom is 0.173 e. The van der Waals surface area contributed by atoms with Gasteiger partial charge in [-0.2, -0.15) is 0 Å². The maximum atomic E-state index is 5.84. The number of methoxy groups -OCH3 is 2. The molecule has 1 fully saturated rings. The lowest BCUT2D eigenvalue weighted by atomic mass is 9.98. The summed E-state index contributed by atoms with van der Waals surface area (Å²) >= 11 is 0. The molecule has 8 nitrogen and oxygen atoms in total. The van der Waals surface area contributed by atoms with Gasteiger partial charge in [-0.3, -0.25) is 4.90 Å². The number of nitrogens with zero attached hydrogens (tertiary/aromatic N) is 6. The van der Waals surface area contributed by atoms with E-state index in [9.17, 15) is 0 Å². The summed E-state index contributed by atoms with van der Waals surface area (Å²) in [5, 5.41) is 13.0. The standard InChI is InChI=1S/C25H34N6O2/c1-6-25(2,3)31-24(26-27-28-31)22(20-13-10-14-21(32-4)23(20)33-5)30-17-15-29(16-18-30)19-11-8-7-9-12-19/h7-14,22H,6,15-18H2,1-5H3/t22-/m0/s1. The lowest BCUT2D eigenvalue weighted by Gasteiger charge is -2.40. The Bertz CT molecular complexity index is 1040. The van der Waals surface area contributed by atoms with E-state index in [1.807, 2.05) is 16.8 Å². The first-order valence-corrected chi connectivity index (χ1v) is 11.5. The summed E-state index contributed by atoms with van der Waals surface area (Å²) in [6, 6.07) is 16.4. The van der Waals surface area contributed by atoms with Gasteiger partial charge < -0.3 is 14.4 Å². The van der Waals surface area contributed by atoms with Crippen LogP contribution in [0.3, 0.4) is 0 Å². The number of para-hydroxylation sites is 2. The first-order chi connectivity index (χ1) is 16.0. The molecular formula is C25H34N6O2. The molecule has 2 aromatic carbocycles. The maximum absolute atomic E-state index is 5.84. The van der Waals surface area contributed by atoms with E-state index in [-0.39, 0.29) is 11.6 Å². The third kappa shape index (κ3) is 4.53. The molecule has 0 unspecified atom stereocenters. The van der Waals surface area contributed by atoms with Gasteiger partial charge in [-0.05, 0) is 48.9 Å². The van der Waals surface area contributed by atoms with Gasteiger partial charge in [0, 0.05) is 37.4 Å². The molecule has 0 amide bonds. The van der Waals surface area contributed by atoms with E-state index >= 15 is 0 Å². The minimum absolute atomic E-state index is 0.159. The molecule has 1 aliphatic rings. The first-order valence-electron chi connectivity index (χ1n) is 11.5. The van der Waals surface area contributed by atoms with Gasteiger partial charge in [0.25, 0.3) is 0 Å². The monoisotopic (exact) mass is 450 g/mol. The highest BCUT2D eigenvalue weighted by Crippen LogP contribution is 2.40. The largest absolute Gasteiger partial charge is 0.493 e. The van der Waals surface area contributed by atoms with Gasteiger partial charge >= 0.3 is 0 Å². The van der Waals surface area contributed by atoms with E-state index in [1.165, 1.54) is 5.69 Å². The number of anilines is 1. The van der Waals surface area contributed by atoms with E-state index in [4.69, 9.17) is 9.47 Å². The number of piperazine rings is 1. The van der Waals surface area contributed by atoms with E-state index in [1.54, 1.807) is 14.2 Å². The summed E-state index contributed by atoms with van der Waals surface area (Å²) in [5.74, 6) is 2.25. The predicted octanol–water partition coefficient (Wildman–Crippen LogP) is 3.75. The third-order valence-corrected chi connectivity index (χ3v) is 6.71. The topological polar surface area (TPSA) is 68.5 Å². The summed E-state index contributed by atoms with van der Waals surface area (Å²) in [7, 11) is 3.35. The highest BCUT2D eigenvalue weighted by Gasteiger charge is 2.36. The summed E-state index contributed by atoms with van der Waals surface area (Å²) in [6.45, 7) is 10.1. The zero-order chi connectivity index (χ0) is 23.4. The normalized spacial score (nSPS) is 16.0. The molecule has 33 heavy (non-hydrogen) atoms. The SMILES string of the molecule is CCC(C)(C)n1nnnc1[C@H](c1cccc(OC)c1OC)N1CCN(c2ccccc2)CC1. The number of rotatable bonds is 8. The van der Waals surface area contributed by atoms with Gasteiger partial charge in [0.15, 0.2) is 17.3 Å². The first kappa shape index (κ1) is 23.0. The summed E-state index contributed by atoms with van der Waals surface area (Å²) in [5.41, 5.74) is 2.05. The Morgan fingerprint density at radius 3 is 2.30 bits per heavy atom. The van der Waals surface area contributed by atoms with E-state index in [0.717, 1.165) is 49.7 Å². The second-order valence-corrected chi connectivity index (χ2v) is 8.96. The lowest BCUT2D eigenvalue weighted by molar-refractivity contribution is 0.183. The Hall–Kier alpha value is -3.13. The molecule has 1 atom stereocenters. The van der Waals surface area contributed by atoms with Crippen molar-refractivity contribution in [2.45, 2.75) is 38.8 Å². The van der Waals surface area contributed by atoms with Crippen LogP contribution in [0, 0.1) is 0 Å². The van der Waals surface area contributed by atoms with Crippen LogP contribution in [0.15, 0.2) is 48.5 Å².